The molecule has 0 radical (unpaired) electrons. The Bertz CT molecular complexity index is 428. The SMILES string of the molecule is CCCNCC1CCCCCC1c1c(Cl)cnn1C(C)C. The molecule has 1 aromatic rings. The summed E-state index contributed by atoms with van der Waals surface area (Å²) in [6, 6.07) is 0.375. The molecule has 1 saturated carbocycles. The van der Waals surface area contributed by atoms with E-state index in [-0.39, 0.29) is 0 Å². The van der Waals surface area contributed by atoms with Gasteiger partial charge in [0.25, 0.3) is 0 Å². The largest absolute Gasteiger partial charge is 0.316 e. The van der Waals surface area contributed by atoms with Crippen molar-refractivity contribution in [1.29, 1.82) is 0 Å². The average Bonchev–Trinajstić information content (AvgIpc) is 2.69. The predicted octanol–water partition coefficient (Wildman–Crippen LogP) is 4.78. The zero-order valence-electron chi connectivity index (χ0n) is 13.7. The molecule has 1 N–H and O–H groups in total. The lowest BCUT2D eigenvalue weighted by atomic mass is 9.85. The molecule has 2 unspecified atom stereocenters. The number of rotatable bonds is 6. The third-order valence-corrected chi connectivity index (χ3v) is 4.91. The first kappa shape index (κ1) is 16.8. The Morgan fingerprint density at radius 3 is 2.81 bits per heavy atom. The molecule has 0 saturated heterocycles. The van der Waals surface area contributed by atoms with Gasteiger partial charge in [-0.25, -0.2) is 0 Å². The molecule has 0 aliphatic heterocycles. The van der Waals surface area contributed by atoms with Crippen molar-refractivity contribution >= 4 is 11.6 Å². The van der Waals surface area contributed by atoms with Crippen molar-refractivity contribution in [3.05, 3.63) is 16.9 Å². The van der Waals surface area contributed by atoms with Gasteiger partial charge in [-0.15, -0.1) is 0 Å². The summed E-state index contributed by atoms with van der Waals surface area (Å²) < 4.78 is 2.14. The van der Waals surface area contributed by atoms with Gasteiger partial charge in [0.1, 0.15) is 0 Å². The smallest absolute Gasteiger partial charge is 0.0820 e. The van der Waals surface area contributed by atoms with Crippen LogP contribution in [0.4, 0.5) is 0 Å². The van der Waals surface area contributed by atoms with Gasteiger partial charge in [-0.05, 0) is 52.1 Å². The molecule has 2 atom stereocenters. The van der Waals surface area contributed by atoms with Crippen LogP contribution in [0.3, 0.4) is 0 Å². The molecule has 3 nitrogen and oxygen atoms in total. The molecule has 1 aliphatic carbocycles. The van der Waals surface area contributed by atoms with E-state index >= 15 is 0 Å². The molecule has 21 heavy (non-hydrogen) atoms. The molecule has 4 heteroatoms. The summed E-state index contributed by atoms with van der Waals surface area (Å²) in [5.41, 5.74) is 1.27. The summed E-state index contributed by atoms with van der Waals surface area (Å²) in [6.45, 7) is 8.82. The quantitative estimate of drug-likeness (QED) is 0.605. The van der Waals surface area contributed by atoms with E-state index in [1.54, 1.807) is 0 Å². The van der Waals surface area contributed by atoms with Crippen molar-refractivity contribution in [1.82, 2.24) is 15.1 Å². The second-order valence-electron chi connectivity index (χ2n) is 6.62. The van der Waals surface area contributed by atoms with Crippen LogP contribution in [0.15, 0.2) is 6.20 Å². The molecule has 1 aliphatic rings. The Balaban J connectivity index is 2.21. The van der Waals surface area contributed by atoms with E-state index in [9.17, 15) is 0 Å². The Morgan fingerprint density at radius 2 is 2.10 bits per heavy atom. The van der Waals surface area contributed by atoms with E-state index < -0.39 is 0 Å². The summed E-state index contributed by atoms with van der Waals surface area (Å²) in [4.78, 5) is 0. The maximum absolute atomic E-state index is 6.50. The molecule has 1 heterocycles. The van der Waals surface area contributed by atoms with E-state index in [1.807, 2.05) is 6.20 Å². The van der Waals surface area contributed by atoms with Gasteiger partial charge in [-0.2, -0.15) is 5.10 Å². The molecule has 120 valence electrons. The van der Waals surface area contributed by atoms with E-state index in [4.69, 9.17) is 11.6 Å². The molecule has 0 aromatic carbocycles. The van der Waals surface area contributed by atoms with Crippen LogP contribution in [0.5, 0.6) is 0 Å². The number of nitrogens with one attached hydrogen (secondary N) is 1. The lowest BCUT2D eigenvalue weighted by Crippen LogP contribution is -2.29. The van der Waals surface area contributed by atoms with Gasteiger partial charge in [-0.3, -0.25) is 4.68 Å². The van der Waals surface area contributed by atoms with Gasteiger partial charge >= 0.3 is 0 Å². The third kappa shape index (κ3) is 4.23. The fourth-order valence-electron chi connectivity index (χ4n) is 3.56. The van der Waals surface area contributed by atoms with Crippen molar-refractivity contribution in [2.24, 2.45) is 5.92 Å². The maximum atomic E-state index is 6.50. The number of hydrogen-bond donors (Lipinski definition) is 1. The second kappa shape index (κ2) is 8.19. The van der Waals surface area contributed by atoms with E-state index in [1.165, 1.54) is 44.2 Å². The Morgan fingerprint density at radius 1 is 1.33 bits per heavy atom. The summed E-state index contributed by atoms with van der Waals surface area (Å²) in [6.07, 6.45) is 9.60. The van der Waals surface area contributed by atoms with Crippen molar-refractivity contribution in [3.63, 3.8) is 0 Å². The van der Waals surface area contributed by atoms with Crippen LogP contribution in [0.1, 0.15) is 76.9 Å². The Kier molecular flexibility index (Phi) is 6.56. The molecule has 2 rings (SSSR count). The number of aromatic nitrogens is 2. The highest BCUT2D eigenvalue weighted by Crippen LogP contribution is 2.40. The minimum atomic E-state index is 0.375. The summed E-state index contributed by atoms with van der Waals surface area (Å²) in [7, 11) is 0. The van der Waals surface area contributed by atoms with Crippen LogP contribution in [-0.4, -0.2) is 22.9 Å². The average molecular weight is 312 g/mol. The second-order valence-corrected chi connectivity index (χ2v) is 7.03. The monoisotopic (exact) mass is 311 g/mol. The van der Waals surface area contributed by atoms with Gasteiger partial charge in [0.2, 0.25) is 0 Å². The highest BCUT2D eigenvalue weighted by Gasteiger charge is 2.30. The highest BCUT2D eigenvalue weighted by molar-refractivity contribution is 6.31. The highest BCUT2D eigenvalue weighted by atomic mass is 35.5. The first-order valence-corrected chi connectivity index (χ1v) is 8.96. The molecule has 0 bridgehead atoms. The van der Waals surface area contributed by atoms with Crippen LogP contribution >= 0.6 is 11.6 Å². The normalized spacial score (nSPS) is 23.5. The maximum Gasteiger partial charge on any atom is 0.0820 e. The summed E-state index contributed by atoms with van der Waals surface area (Å²) in [5, 5.41) is 8.99. The van der Waals surface area contributed by atoms with Crippen molar-refractivity contribution < 1.29 is 0 Å². The van der Waals surface area contributed by atoms with Crippen LogP contribution in [0, 0.1) is 5.92 Å². The summed E-state index contributed by atoms with van der Waals surface area (Å²) in [5.74, 6) is 1.24. The van der Waals surface area contributed by atoms with Crippen LogP contribution in [0.25, 0.3) is 0 Å². The molecule has 0 amide bonds. The van der Waals surface area contributed by atoms with E-state index in [0.29, 0.717) is 17.9 Å². The molecule has 1 aromatic heterocycles. The van der Waals surface area contributed by atoms with Gasteiger partial charge in [0.05, 0.1) is 16.9 Å². The van der Waals surface area contributed by atoms with Gasteiger partial charge < -0.3 is 5.32 Å². The standard InChI is InChI=1S/C17H30ClN3/c1-4-10-19-11-14-8-6-5-7-9-15(14)17-16(18)12-20-21(17)13(2)3/h12-15,19H,4-11H2,1-3H3. The van der Waals surface area contributed by atoms with Gasteiger partial charge in [0.15, 0.2) is 0 Å². The number of nitrogens with zero attached hydrogens (tertiary/aromatic N) is 2. The van der Waals surface area contributed by atoms with Crippen LogP contribution in [0.2, 0.25) is 5.02 Å². The van der Waals surface area contributed by atoms with Crippen molar-refractivity contribution in [2.75, 3.05) is 13.1 Å². The predicted molar refractivity (Wildman–Crippen MR) is 90.1 cm³/mol. The van der Waals surface area contributed by atoms with Gasteiger partial charge in [0, 0.05) is 12.0 Å². The van der Waals surface area contributed by atoms with Gasteiger partial charge in [-0.1, -0.05) is 37.8 Å². The molecular formula is C17H30ClN3. The van der Waals surface area contributed by atoms with E-state index in [2.05, 4.69) is 35.9 Å². The van der Waals surface area contributed by atoms with Crippen LogP contribution < -0.4 is 5.32 Å². The zero-order chi connectivity index (χ0) is 15.2. The number of halogens is 1. The van der Waals surface area contributed by atoms with Crippen molar-refractivity contribution in [3.8, 4) is 0 Å². The lowest BCUT2D eigenvalue weighted by molar-refractivity contribution is 0.350. The first-order valence-electron chi connectivity index (χ1n) is 8.58. The van der Waals surface area contributed by atoms with Crippen molar-refractivity contribution in [2.45, 2.75) is 71.3 Å². The Labute approximate surface area is 134 Å². The molecule has 0 spiro atoms. The minimum Gasteiger partial charge on any atom is -0.316 e. The fourth-order valence-corrected chi connectivity index (χ4v) is 3.83. The first-order chi connectivity index (χ1) is 10.1. The van der Waals surface area contributed by atoms with Crippen LogP contribution in [-0.2, 0) is 0 Å². The minimum absolute atomic E-state index is 0.375. The third-order valence-electron chi connectivity index (χ3n) is 4.62. The molecule has 1 fully saturated rings. The molecular weight excluding hydrogens is 282 g/mol. The van der Waals surface area contributed by atoms with E-state index in [0.717, 1.165) is 18.1 Å². The topological polar surface area (TPSA) is 29.9 Å². The Hall–Kier alpha value is -0.540. The zero-order valence-corrected chi connectivity index (χ0v) is 14.5. The lowest BCUT2D eigenvalue weighted by Gasteiger charge is -2.27. The fraction of sp³-hybridized carbons (Fsp3) is 0.824. The summed E-state index contributed by atoms with van der Waals surface area (Å²) >= 11 is 6.50. The number of hydrogen-bond acceptors (Lipinski definition) is 2.